The molecule has 1 amide bonds. The number of thiazole rings is 1. The van der Waals surface area contributed by atoms with E-state index in [4.69, 9.17) is 14.2 Å². The van der Waals surface area contributed by atoms with Gasteiger partial charge in [-0.1, -0.05) is 29.8 Å². The fourth-order valence-corrected chi connectivity index (χ4v) is 4.11. The number of methoxy groups -OCH3 is 2. The van der Waals surface area contributed by atoms with E-state index >= 15 is 0 Å². The molecule has 0 bridgehead atoms. The molecule has 0 aliphatic carbocycles. The maximum Gasteiger partial charge on any atom is 0.271 e. The summed E-state index contributed by atoms with van der Waals surface area (Å²) in [6.07, 6.45) is 0. The minimum absolute atomic E-state index is 0.209. The van der Waals surface area contributed by atoms with Gasteiger partial charge in [0.15, 0.2) is 11.5 Å². The molecule has 3 aromatic rings. The summed E-state index contributed by atoms with van der Waals surface area (Å²) < 4.78 is 16.1. The Bertz CT molecular complexity index is 1050. The largest absolute Gasteiger partial charge is 0.493 e. The lowest BCUT2D eigenvalue weighted by atomic mass is 10.1. The summed E-state index contributed by atoms with van der Waals surface area (Å²) in [6.45, 7) is 6.98. The van der Waals surface area contributed by atoms with Crippen LogP contribution in [-0.4, -0.2) is 38.3 Å². The fourth-order valence-electron chi connectivity index (χ4n) is 3.22. The Labute approximate surface area is 187 Å². The highest BCUT2D eigenvalue weighted by Gasteiger charge is 2.17. The first kappa shape index (κ1) is 22.8. The number of rotatable bonds is 9. The van der Waals surface area contributed by atoms with Gasteiger partial charge < -0.3 is 19.5 Å². The van der Waals surface area contributed by atoms with E-state index in [2.05, 4.69) is 42.3 Å². The summed E-state index contributed by atoms with van der Waals surface area (Å²) in [4.78, 5) is 17.3. The molecule has 0 aliphatic rings. The van der Waals surface area contributed by atoms with Crippen molar-refractivity contribution in [3.8, 4) is 22.1 Å². The van der Waals surface area contributed by atoms with Gasteiger partial charge in [-0.25, -0.2) is 4.98 Å². The van der Waals surface area contributed by atoms with Gasteiger partial charge in [0.25, 0.3) is 5.91 Å². The number of carbonyl (C=O) groups excluding carboxylic acids is 1. The summed E-state index contributed by atoms with van der Waals surface area (Å²) in [7, 11) is 3.22. The summed E-state index contributed by atoms with van der Waals surface area (Å²) in [5.74, 6) is 1.04. The molecule has 1 atom stereocenters. The average Bonchev–Trinajstić information content (AvgIpc) is 3.24. The molecule has 0 aliphatic heterocycles. The van der Waals surface area contributed by atoms with Gasteiger partial charge >= 0.3 is 0 Å². The van der Waals surface area contributed by atoms with E-state index in [1.165, 1.54) is 16.9 Å². The van der Waals surface area contributed by atoms with Gasteiger partial charge in [-0.15, -0.1) is 11.3 Å². The van der Waals surface area contributed by atoms with Crippen LogP contribution in [0.1, 0.15) is 40.1 Å². The number of nitrogens with one attached hydrogen (secondary N) is 1. The summed E-state index contributed by atoms with van der Waals surface area (Å²) in [5.41, 5.74) is 4.73. The maximum absolute atomic E-state index is 12.8. The number of aryl methyl sites for hydroxylation is 2. The molecule has 0 radical (unpaired) electrons. The molecule has 1 N–H and O–H groups in total. The first-order chi connectivity index (χ1) is 14.9. The van der Waals surface area contributed by atoms with Gasteiger partial charge in [-0.2, -0.15) is 0 Å². The van der Waals surface area contributed by atoms with Crippen molar-refractivity contribution in [2.45, 2.75) is 26.8 Å². The highest BCUT2D eigenvalue weighted by molar-refractivity contribution is 7.13. The monoisotopic (exact) mass is 440 g/mol. The Hall–Kier alpha value is -2.90. The number of aromatic nitrogens is 1. The molecule has 1 heterocycles. The molecule has 0 saturated carbocycles. The summed E-state index contributed by atoms with van der Waals surface area (Å²) in [6, 6.07) is 11.6. The third-order valence-electron chi connectivity index (χ3n) is 4.93. The first-order valence-electron chi connectivity index (χ1n) is 10.1. The van der Waals surface area contributed by atoms with Crippen molar-refractivity contribution in [3.05, 3.63) is 64.2 Å². The van der Waals surface area contributed by atoms with Crippen molar-refractivity contribution in [1.82, 2.24) is 10.3 Å². The first-order valence-corrected chi connectivity index (χ1v) is 10.9. The van der Waals surface area contributed by atoms with Crippen LogP contribution in [0.5, 0.6) is 11.5 Å². The van der Waals surface area contributed by atoms with Gasteiger partial charge in [-0.05, 0) is 44.0 Å². The van der Waals surface area contributed by atoms with Crippen molar-refractivity contribution in [3.63, 3.8) is 0 Å². The van der Waals surface area contributed by atoms with Crippen LogP contribution < -0.4 is 14.8 Å². The van der Waals surface area contributed by atoms with Crippen LogP contribution >= 0.6 is 11.3 Å². The molecular weight excluding hydrogens is 412 g/mol. The number of ether oxygens (including phenoxy) is 3. The zero-order valence-electron chi connectivity index (χ0n) is 18.5. The van der Waals surface area contributed by atoms with Crippen molar-refractivity contribution in [2.24, 2.45) is 0 Å². The van der Waals surface area contributed by atoms with E-state index in [1.54, 1.807) is 19.6 Å². The van der Waals surface area contributed by atoms with Crippen LogP contribution in [0.4, 0.5) is 0 Å². The Morgan fingerprint density at radius 2 is 1.90 bits per heavy atom. The van der Waals surface area contributed by atoms with Gasteiger partial charge in [-0.3, -0.25) is 4.79 Å². The fraction of sp³-hybridized carbons (Fsp3) is 0.333. The molecule has 3 rings (SSSR count). The molecule has 2 aromatic carbocycles. The van der Waals surface area contributed by atoms with Crippen molar-refractivity contribution < 1.29 is 19.0 Å². The van der Waals surface area contributed by atoms with Crippen molar-refractivity contribution >= 4 is 17.2 Å². The van der Waals surface area contributed by atoms with Crippen LogP contribution in [0, 0.1) is 13.8 Å². The molecular formula is C24H28N2O4S. The van der Waals surface area contributed by atoms with Crippen LogP contribution in [-0.2, 0) is 4.74 Å². The predicted molar refractivity (Wildman–Crippen MR) is 123 cm³/mol. The van der Waals surface area contributed by atoms with E-state index < -0.39 is 0 Å². The average molecular weight is 441 g/mol. The minimum atomic E-state index is -0.222. The Kier molecular flexibility index (Phi) is 7.65. The second-order valence-corrected chi connectivity index (χ2v) is 8.16. The smallest absolute Gasteiger partial charge is 0.271 e. The van der Waals surface area contributed by atoms with Gasteiger partial charge in [0, 0.05) is 18.1 Å². The van der Waals surface area contributed by atoms with Crippen LogP contribution in [0.15, 0.2) is 41.8 Å². The van der Waals surface area contributed by atoms with E-state index in [0.29, 0.717) is 30.4 Å². The number of hydrogen-bond acceptors (Lipinski definition) is 6. The lowest BCUT2D eigenvalue weighted by Crippen LogP contribution is -2.27. The third kappa shape index (κ3) is 5.62. The number of carbonyl (C=O) groups is 1. The van der Waals surface area contributed by atoms with Crippen molar-refractivity contribution in [2.75, 3.05) is 27.4 Å². The van der Waals surface area contributed by atoms with Gasteiger partial charge in [0.1, 0.15) is 17.3 Å². The number of amides is 1. The molecule has 31 heavy (non-hydrogen) atoms. The second-order valence-electron chi connectivity index (χ2n) is 7.30. The Balaban J connectivity index is 1.70. The van der Waals surface area contributed by atoms with E-state index in [-0.39, 0.29) is 11.9 Å². The predicted octanol–water partition coefficient (Wildman–Crippen LogP) is 4.95. The lowest BCUT2D eigenvalue weighted by Gasteiger charge is -2.17. The molecule has 0 saturated heterocycles. The number of benzene rings is 2. The van der Waals surface area contributed by atoms with E-state index in [1.807, 2.05) is 25.1 Å². The highest BCUT2D eigenvalue weighted by Crippen LogP contribution is 2.31. The molecule has 6 nitrogen and oxygen atoms in total. The van der Waals surface area contributed by atoms with Crippen molar-refractivity contribution in [1.29, 1.82) is 0 Å². The standard InChI is InChI=1S/C24H28N2O4S/c1-15-6-8-19(16(2)12-15)24-26-20(14-31-24)23(27)25-17(3)18-7-9-21(22(13-18)29-5)30-11-10-28-4/h6-9,12-14,17H,10-11H2,1-5H3,(H,25,27). The summed E-state index contributed by atoms with van der Waals surface area (Å²) >= 11 is 1.47. The molecule has 1 unspecified atom stereocenters. The van der Waals surface area contributed by atoms with E-state index in [9.17, 15) is 4.79 Å². The molecule has 7 heteroatoms. The normalized spacial score (nSPS) is 11.8. The number of hydrogen-bond donors (Lipinski definition) is 1. The quantitative estimate of drug-likeness (QED) is 0.477. The molecule has 1 aromatic heterocycles. The van der Waals surface area contributed by atoms with Crippen LogP contribution in [0.2, 0.25) is 0 Å². The Morgan fingerprint density at radius 1 is 1.10 bits per heavy atom. The van der Waals surface area contributed by atoms with E-state index in [0.717, 1.165) is 21.7 Å². The Morgan fingerprint density at radius 3 is 2.61 bits per heavy atom. The SMILES string of the molecule is COCCOc1ccc(C(C)NC(=O)c2csc(-c3ccc(C)cc3C)n2)cc1OC. The highest BCUT2D eigenvalue weighted by atomic mass is 32.1. The zero-order valence-corrected chi connectivity index (χ0v) is 19.3. The second kappa shape index (κ2) is 10.4. The molecule has 164 valence electrons. The van der Waals surface area contributed by atoms with Gasteiger partial charge in [0.05, 0.1) is 19.8 Å². The molecule has 0 spiro atoms. The zero-order chi connectivity index (χ0) is 22.4. The third-order valence-corrected chi connectivity index (χ3v) is 5.81. The van der Waals surface area contributed by atoms with Gasteiger partial charge in [0.2, 0.25) is 0 Å². The summed E-state index contributed by atoms with van der Waals surface area (Å²) in [5, 5.41) is 5.65. The topological polar surface area (TPSA) is 69.7 Å². The van der Waals surface area contributed by atoms with Crippen LogP contribution in [0.25, 0.3) is 10.6 Å². The minimum Gasteiger partial charge on any atom is -0.493 e. The maximum atomic E-state index is 12.8. The van der Waals surface area contributed by atoms with Crippen LogP contribution in [0.3, 0.4) is 0 Å². The lowest BCUT2D eigenvalue weighted by molar-refractivity contribution is 0.0935. The number of nitrogens with zero attached hydrogens (tertiary/aromatic N) is 1. The molecule has 0 fully saturated rings.